The van der Waals surface area contributed by atoms with Crippen molar-refractivity contribution in [3.8, 4) is 0 Å². The lowest BCUT2D eigenvalue weighted by Crippen LogP contribution is -2.30. The van der Waals surface area contributed by atoms with Crippen LogP contribution >= 0.6 is 0 Å². The SMILES string of the molecule is CC(C)NCCCC[C@H]1N[C@H](C)C=C1O. The van der Waals surface area contributed by atoms with E-state index in [2.05, 4.69) is 31.4 Å². The first-order chi connectivity index (χ1) is 7.09. The van der Waals surface area contributed by atoms with Gasteiger partial charge in [-0.3, -0.25) is 0 Å². The zero-order valence-corrected chi connectivity index (χ0v) is 10.1. The van der Waals surface area contributed by atoms with Gasteiger partial charge in [-0.1, -0.05) is 20.3 Å². The highest BCUT2D eigenvalue weighted by Gasteiger charge is 2.21. The van der Waals surface area contributed by atoms with Gasteiger partial charge < -0.3 is 15.7 Å². The van der Waals surface area contributed by atoms with Crippen molar-refractivity contribution in [3.63, 3.8) is 0 Å². The van der Waals surface area contributed by atoms with E-state index in [1.165, 1.54) is 6.42 Å². The van der Waals surface area contributed by atoms with E-state index in [9.17, 15) is 5.11 Å². The Morgan fingerprint density at radius 3 is 2.73 bits per heavy atom. The van der Waals surface area contributed by atoms with E-state index in [1.54, 1.807) is 0 Å². The van der Waals surface area contributed by atoms with E-state index in [-0.39, 0.29) is 6.04 Å². The average molecular weight is 212 g/mol. The molecule has 1 heterocycles. The van der Waals surface area contributed by atoms with E-state index in [1.807, 2.05) is 6.08 Å². The van der Waals surface area contributed by atoms with Gasteiger partial charge in [-0.25, -0.2) is 0 Å². The van der Waals surface area contributed by atoms with Gasteiger partial charge in [-0.2, -0.15) is 0 Å². The number of hydrogen-bond donors (Lipinski definition) is 3. The molecule has 1 rings (SSSR count). The fourth-order valence-corrected chi connectivity index (χ4v) is 1.92. The van der Waals surface area contributed by atoms with Gasteiger partial charge in [0.1, 0.15) is 5.76 Å². The molecule has 0 fully saturated rings. The molecule has 0 aromatic carbocycles. The standard InChI is InChI=1S/C12H24N2O/c1-9(2)13-7-5-4-6-11-12(15)8-10(3)14-11/h8-11,13-15H,4-7H2,1-3H3/t10-,11-/m1/s1. The van der Waals surface area contributed by atoms with Gasteiger partial charge in [0.25, 0.3) is 0 Å². The summed E-state index contributed by atoms with van der Waals surface area (Å²) in [6.07, 6.45) is 5.27. The van der Waals surface area contributed by atoms with Gasteiger partial charge in [0, 0.05) is 12.1 Å². The van der Waals surface area contributed by atoms with Gasteiger partial charge in [-0.15, -0.1) is 0 Å². The molecule has 1 aliphatic rings. The van der Waals surface area contributed by atoms with E-state index in [0.29, 0.717) is 17.8 Å². The molecule has 0 unspecified atom stereocenters. The molecule has 0 aromatic rings. The zero-order valence-electron chi connectivity index (χ0n) is 10.1. The maximum Gasteiger partial charge on any atom is 0.107 e. The second kappa shape index (κ2) is 6.13. The van der Waals surface area contributed by atoms with Crippen LogP contribution in [0.4, 0.5) is 0 Å². The molecule has 3 N–H and O–H groups in total. The van der Waals surface area contributed by atoms with Crippen molar-refractivity contribution in [2.24, 2.45) is 0 Å². The Labute approximate surface area is 93.0 Å². The summed E-state index contributed by atoms with van der Waals surface area (Å²) in [7, 11) is 0. The maximum absolute atomic E-state index is 9.59. The van der Waals surface area contributed by atoms with Crippen molar-refractivity contribution in [2.45, 2.75) is 58.2 Å². The number of rotatable bonds is 6. The van der Waals surface area contributed by atoms with Gasteiger partial charge >= 0.3 is 0 Å². The number of aliphatic hydroxyl groups excluding tert-OH is 1. The van der Waals surface area contributed by atoms with E-state index < -0.39 is 0 Å². The van der Waals surface area contributed by atoms with Crippen molar-refractivity contribution < 1.29 is 5.11 Å². The molecule has 0 aromatic heterocycles. The molecule has 3 heteroatoms. The quantitative estimate of drug-likeness (QED) is 0.590. The summed E-state index contributed by atoms with van der Waals surface area (Å²) in [6.45, 7) is 7.46. The van der Waals surface area contributed by atoms with Crippen LogP contribution < -0.4 is 10.6 Å². The van der Waals surface area contributed by atoms with Crippen molar-refractivity contribution in [1.29, 1.82) is 0 Å². The number of unbranched alkanes of at least 4 members (excludes halogenated alkanes) is 1. The minimum Gasteiger partial charge on any atom is -0.511 e. The third kappa shape index (κ3) is 4.67. The maximum atomic E-state index is 9.59. The summed E-state index contributed by atoms with van der Waals surface area (Å²) in [5, 5.41) is 16.3. The molecule has 0 saturated heterocycles. The Morgan fingerprint density at radius 1 is 1.47 bits per heavy atom. The highest BCUT2D eigenvalue weighted by atomic mass is 16.3. The fraction of sp³-hybridized carbons (Fsp3) is 0.833. The number of aliphatic hydroxyl groups is 1. The van der Waals surface area contributed by atoms with E-state index in [0.717, 1.165) is 19.4 Å². The fourth-order valence-electron chi connectivity index (χ4n) is 1.92. The molecular formula is C12H24N2O. The zero-order chi connectivity index (χ0) is 11.3. The predicted octanol–water partition coefficient (Wildman–Crippen LogP) is 1.96. The normalized spacial score (nSPS) is 26.0. The topological polar surface area (TPSA) is 44.3 Å². The van der Waals surface area contributed by atoms with Crippen LogP contribution in [-0.2, 0) is 0 Å². The van der Waals surface area contributed by atoms with Crippen LogP contribution in [-0.4, -0.2) is 29.8 Å². The van der Waals surface area contributed by atoms with Crippen LogP contribution in [0.1, 0.15) is 40.0 Å². The van der Waals surface area contributed by atoms with Crippen molar-refractivity contribution in [3.05, 3.63) is 11.8 Å². The molecule has 0 saturated carbocycles. The van der Waals surface area contributed by atoms with Gasteiger partial charge in [0.15, 0.2) is 0 Å². The third-order valence-corrected chi connectivity index (χ3v) is 2.71. The molecule has 88 valence electrons. The Balaban J connectivity index is 2.04. The van der Waals surface area contributed by atoms with Crippen LogP contribution in [0, 0.1) is 0 Å². The van der Waals surface area contributed by atoms with Gasteiger partial charge in [-0.05, 0) is 32.4 Å². The predicted molar refractivity (Wildman–Crippen MR) is 64.1 cm³/mol. The molecular weight excluding hydrogens is 188 g/mol. The lowest BCUT2D eigenvalue weighted by atomic mass is 10.1. The number of hydrogen-bond acceptors (Lipinski definition) is 3. The summed E-state index contributed by atoms with van der Waals surface area (Å²) < 4.78 is 0. The Morgan fingerprint density at radius 2 is 2.20 bits per heavy atom. The molecule has 15 heavy (non-hydrogen) atoms. The molecule has 0 amide bonds. The minimum absolute atomic E-state index is 0.194. The second-order valence-corrected chi connectivity index (χ2v) is 4.70. The Kier molecular flexibility index (Phi) is 5.12. The lowest BCUT2D eigenvalue weighted by molar-refractivity contribution is 0.344. The smallest absolute Gasteiger partial charge is 0.107 e. The Hall–Kier alpha value is -0.540. The average Bonchev–Trinajstić information content (AvgIpc) is 2.44. The molecule has 3 nitrogen and oxygen atoms in total. The lowest BCUT2D eigenvalue weighted by Gasteiger charge is -2.13. The van der Waals surface area contributed by atoms with E-state index >= 15 is 0 Å². The summed E-state index contributed by atoms with van der Waals surface area (Å²) in [4.78, 5) is 0. The first-order valence-corrected chi connectivity index (χ1v) is 5.99. The van der Waals surface area contributed by atoms with Crippen LogP contribution in [0.5, 0.6) is 0 Å². The van der Waals surface area contributed by atoms with Crippen LogP contribution in [0.25, 0.3) is 0 Å². The van der Waals surface area contributed by atoms with Crippen LogP contribution in [0.3, 0.4) is 0 Å². The van der Waals surface area contributed by atoms with Crippen molar-refractivity contribution in [2.75, 3.05) is 6.54 Å². The molecule has 0 spiro atoms. The van der Waals surface area contributed by atoms with Crippen molar-refractivity contribution in [1.82, 2.24) is 10.6 Å². The van der Waals surface area contributed by atoms with Crippen LogP contribution in [0.15, 0.2) is 11.8 Å². The minimum atomic E-state index is 0.194. The summed E-state index contributed by atoms with van der Waals surface area (Å²) >= 11 is 0. The summed E-state index contributed by atoms with van der Waals surface area (Å²) in [5.74, 6) is 0.527. The number of nitrogens with one attached hydrogen (secondary N) is 2. The first-order valence-electron chi connectivity index (χ1n) is 5.99. The molecule has 1 aliphatic heterocycles. The highest BCUT2D eigenvalue weighted by Crippen LogP contribution is 2.15. The largest absolute Gasteiger partial charge is 0.511 e. The monoisotopic (exact) mass is 212 g/mol. The van der Waals surface area contributed by atoms with Crippen LogP contribution in [0.2, 0.25) is 0 Å². The summed E-state index contributed by atoms with van der Waals surface area (Å²) in [5.41, 5.74) is 0. The molecule has 0 bridgehead atoms. The molecule has 0 aliphatic carbocycles. The first kappa shape index (κ1) is 12.5. The Bertz CT molecular complexity index is 214. The highest BCUT2D eigenvalue weighted by molar-refractivity contribution is 5.13. The van der Waals surface area contributed by atoms with Gasteiger partial charge in [0.2, 0.25) is 0 Å². The van der Waals surface area contributed by atoms with Crippen molar-refractivity contribution >= 4 is 0 Å². The third-order valence-electron chi connectivity index (χ3n) is 2.71. The summed E-state index contributed by atoms with van der Waals surface area (Å²) in [6, 6.07) is 1.09. The molecule has 0 radical (unpaired) electrons. The molecule has 2 atom stereocenters. The van der Waals surface area contributed by atoms with Gasteiger partial charge in [0.05, 0.1) is 6.04 Å². The second-order valence-electron chi connectivity index (χ2n) is 4.70. The van der Waals surface area contributed by atoms with E-state index in [4.69, 9.17) is 0 Å².